The van der Waals surface area contributed by atoms with Crippen molar-refractivity contribution in [1.82, 2.24) is 9.47 Å². The first-order valence-corrected chi connectivity index (χ1v) is 5.56. The number of carbonyl (C=O) groups excluding carboxylic acids is 1. The molecule has 0 saturated heterocycles. The Bertz CT molecular complexity index is 456. The molecule has 0 spiro atoms. The third kappa shape index (κ3) is 3.59. The summed E-state index contributed by atoms with van der Waals surface area (Å²) in [5.41, 5.74) is -0.312. The van der Waals surface area contributed by atoms with Crippen molar-refractivity contribution in [3.8, 4) is 5.75 Å². The highest BCUT2D eigenvalue weighted by molar-refractivity contribution is 5.75. The number of rotatable bonds is 6. The van der Waals surface area contributed by atoms with Crippen molar-refractivity contribution >= 4 is 5.91 Å². The highest BCUT2D eigenvalue weighted by Crippen LogP contribution is 2.00. The van der Waals surface area contributed by atoms with Crippen molar-refractivity contribution in [2.24, 2.45) is 0 Å². The normalized spacial score (nSPS) is 10.2. The molecule has 0 radical (unpaired) electrons. The van der Waals surface area contributed by atoms with Gasteiger partial charge in [-0.25, -0.2) is 0 Å². The lowest BCUT2D eigenvalue weighted by molar-refractivity contribution is -0.131. The quantitative estimate of drug-likeness (QED) is 0.715. The van der Waals surface area contributed by atoms with Gasteiger partial charge in [-0.2, -0.15) is 0 Å². The number of carbonyl (C=O) groups is 1. The Morgan fingerprint density at radius 1 is 1.44 bits per heavy atom. The summed E-state index contributed by atoms with van der Waals surface area (Å²) in [6.07, 6.45) is 1.56. The number of likely N-dealkylation sites (N-methyl/N-ethyl adjacent to an activating group) is 1. The SMILES string of the molecule is COCCN(C)C(=O)Cn1cccc(OC)c1=O. The Kier molecular flexibility index (Phi) is 5.38. The summed E-state index contributed by atoms with van der Waals surface area (Å²) in [5, 5.41) is 0. The van der Waals surface area contributed by atoms with E-state index in [1.54, 1.807) is 32.5 Å². The number of hydrogen-bond acceptors (Lipinski definition) is 4. The summed E-state index contributed by atoms with van der Waals surface area (Å²) < 4.78 is 11.1. The summed E-state index contributed by atoms with van der Waals surface area (Å²) in [5.74, 6) is 0.0762. The minimum Gasteiger partial charge on any atom is -0.491 e. The van der Waals surface area contributed by atoms with Crippen molar-refractivity contribution in [1.29, 1.82) is 0 Å². The maximum absolute atomic E-state index is 11.8. The Labute approximate surface area is 106 Å². The van der Waals surface area contributed by atoms with E-state index in [9.17, 15) is 9.59 Å². The third-order valence-corrected chi connectivity index (χ3v) is 2.57. The summed E-state index contributed by atoms with van der Waals surface area (Å²) >= 11 is 0. The number of pyridine rings is 1. The van der Waals surface area contributed by atoms with E-state index in [4.69, 9.17) is 9.47 Å². The number of amides is 1. The van der Waals surface area contributed by atoms with E-state index in [0.29, 0.717) is 13.2 Å². The molecule has 6 nitrogen and oxygen atoms in total. The molecular formula is C12H18N2O4. The molecule has 0 atom stereocenters. The van der Waals surface area contributed by atoms with Gasteiger partial charge in [-0.05, 0) is 12.1 Å². The van der Waals surface area contributed by atoms with Gasteiger partial charge in [0.1, 0.15) is 6.54 Å². The first-order chi connectivity index (χ1) is 8.60. The fourth-order valence-electron chi connectivity index (χ4n) is 1.41. The van der Waals surface area contributed by atoms with Gasteiger partial charge in [0.15, 0.2) is 5.75 Å². The highest BCUT2D eigenvalue weighted by Gasteiger charge is 2.11. The van der Waals surface area contributed by atoms with Gasteiger partial charge >= 0.3 is 0 Å². The monoisotopic (exact) mass is 254 g/mol. The fraction of sp³-hybridized carbons (Fsp3) is 0.500. The molecule has 1 aromatic rings. The summed E-state index contributed by atoms with van der Waals surface area (Å²) in [4.78, 5) is 25.2. The van der Waals surface area contributed by atoms with E-state index in [0.717, 1.165) is 0 Å². The van der Waals surface area contributed by atoms with Gasteiger partial charge in [0, 0.05) is 26.9 Å². The van der Waals surface area contributed by atoms with E-state index in [2.05, 4.69) is 0 Å². The van der Waals surface area contributed by atoms with Crippen LogP contribution in [0.1, 0.15) is 0 Å². The minimum absolute atomic E-state index is 0.00372. The largest absolute Gasteiger partial charge is 0.491 e. The molecule has 0 fully saturated rings. The van der Waals surface area contributed by atoms with Gasteiger partial charge in [0.05, 0.1) is 13.7 Å². The Morgan fingerprint density at radius 2 is 2.17 bits per heavy atom. The van der Waals surface area contributed by atoms with Crippen molar-refractivity contribution in [3.05, 3.63) is 28.7 Å². The molecule has 1 heterocycles. The molecule has 0 aliphatic carbocycles. The van der Waals surface area contributed by atoms with Gasteiger partial charge in [-0.1, -0.05) is 0 Å². The topological polar surface area (TPSA) is 60.8 Å². The van der Waals surface area contributed by atoms with Crippen LogP contribution >= 0.6 is 0 Å². The number of ether oxygens (including phenoxy) is 2. The van der Waals surface area contributed by atoms with Crippen molar-refractivity contribution in [2.75, 3.05) is 34.4 Å². The number of methoxy groups -OCH3 is 2. The Balaban J connectivity index is 2.73. The van der Waals surface area contributed by atoms with Crippen LogP contribution in [0.3, 0.4) is 0 Å². The molecule has 0 bridgehead atoms. The van der Waals surface area contributed by atoms with E-state index < -0.39 is 0 Å². The molecule has 1 aromatic heterocycles. The van der Waals surface area contributed by atoms with Crippen molar-refractivity contribution < 1.29 is 14.3 Å². The predicted octanol–water partition coefficient (Wildman–Crippen LogP) is -0.0383. The van der Waals surface area contributed by atoms with Crippen LogP contribution in [0.5, 0.6) is 5.75 Å². The Hall–Kier alpha value is -1.82. The van der Waals surface area contributed by atoms with Crippen molar-refractivity contribution in [3.63, 3.8) is 0 Å². The lowest BCUT2D eigenvalue weighted by Crippen LogP contribution is -2.35. The molecular weight excluding hydrogens is 236 g/mol. The second-order valence-corrected chi connectivity index (χ2v) is 3.82. The maximum Gasteiger partial charge on any atom is 0.293 e. The molecule has 18 heavy (non-hydrogen) atoms. The molecule has 0 aliphatic heterocycles. The predicted molar refractivity (Wildman–Crippen MR) is 66.8 cm³/mol. The van der Waals surface area contributed by atoms with Crippen LogP contribution in [-0.4, -0.2) is 49.8 Å². The molecule has 1 amide bonds. The van der Waals surface area contributed by atoms with Crippen LogP contribution in [0, 0.1) is 0 Å². The summed E-state index contributed by atoms with van der Waals surface area (Å²) in [6, 6.07) is 3.24. The molecule has 0 unspecified atom stereocenters. The number of aromatic nitrogens is 1. The standard InChI is InChI=1S/C12H18N2O4/c1-13(7-8-17-2)11(15)9-14-6-4-5-10(18-3)12(14)16/h4-6H,7-9H2,1-3H3. The van der Waals surface area contributed by atoms with Crippen LogP contribution in [0.4, 0.5) is 0 Å². The third-order valence-electron chi connectivity index (χ3n) is 2.57. The van der Waals surface area contributed by atoms with E-state index >= 15 is 0 Å². The molecule has 0 N–H and O–H groups in total. The van der Waals surface area contributed by atoms with E-state index in [-0.39, 0.29) is 23.8 Å². The fourth-order valence-corrected chi connectivity index (χ4v) is 1.41. The molecule has 0 saturated carbocycles. The second kappa shape index (κ2) is 6.80. The number of nitrogens with zero attached hydrogens (tertiary/aromatic N) is 2. The van der Waals surface area contributed by atoms with E-state index in [1.165, 1.54) is 16.6 Å². The second-order valence-electron chi connectivity index (χ2n) is 3.82. The van der Waals surface area contributed by atoms with Crippen LogP contribution in [0.2, 0.25) is 0 Å². The highest BCUT2D eigenvalue weighted by atomic mass is 16.5. The van der Waals surface area contributed by atoms with E-state index in [1.807, 2.05) is 0 Å². The van der Waals surface area contributed by atoms with Gasteiger partial charge in [0.2, 0.25) is 5.91 Å². The summed E-state index contributed by atoms with van der Waals surface area (Å²) in [6.45, 7) is 0.958. The van der Waals surface area contributed by atoms with Crippen LogP contribution in [0.15, 0.2) is 23.1 Å². The lowest BCUT2D eigenvalue weighted by Gasteiger charge is -2.17. The molecule has 6 heteroatoms. The maximum atomic E-state index is 11.8. The average Bonchev–Trinajstić information content (AvgIpc) is 2.38. The molecule has 100 valence electrons. The zero-order valence-corrected chi connectivity index (χ0v) is 10.9. The Morgan fingerprint density at radius 3 is 2.78 bits per heavy atom. The lowest BCUT2D eigenvalue weighted by atomic mass is 10.4. The zero-order valence-electron chi connectivity index (χ0n) is 10.9. The first-order valence-electron chi connectivity index (χ1n) is 5.56. The van der Waals surface area contributed by atoms with Gasteiger partial charge in [0.25, 0.3) is 5.56 Å². The van der Waals surface area contributed by atoms with Crippen molar-refractivity contribution in [2.45, 2.75) is 6.54 Å². The van der Waals surface area contributed by atoms with Crippen LogP contribution < -0.4 is 10.3 Å². The average molecular weight is 254 g/mol. The van der Waals surface area contributed by atoms with Gasteiger partial charge in [-0.3, -0.25) is 9.59 Å². The van der Waals surface area contributed by atoms with Crippen LogP contribution in [0.25, 0.3) is 0 Å². The molecule has 0 aromatic carbocycles. The van der Waals surface area contributed by atoms with Gasteiger partial charge < -0.3 is 18.9 Å². The first kappa shape index (κ1) is 14.2. The molecule has 0 aliphatic rings. The smallest absolute Gasteiger partial charge is 0.293 e. The molecule has 1 rings (SSSR count). The minimum atomic E-state index is -0.312. The van der Waals surface area contributed by atoms with Gasteiger partial charge in [-0.15, -0.1) is 0 Å². The number of hydrogen-bond donors (Lipinski definition) is 0. The zero-order chi connectivity index (χ0) is 13.5. The van der Waals surface area contributed by atoms with Crippen LogP contribution in [-0.2, 0) is 16.1 Å². The summed E-state index contributed by atoms with van der Waals surface area (Å²) in [7, 11) is 4.67.